The Kier molecular flexibility index (Phi) is 3.65. The Hall–Kier alpha value is -1.77. The van der Waals surface area contributed by atoms with E-state index in [0.29, 0.717) is 18.4 Å². The Bertz CT molecular complexity index is 650. The van der Waals surface area contributed by atoms with E-state index in [-0.39, 0.29) is 0 Å². The maximum atomic E-state index is 5.18. The van der Waals surface area contributed by atoms with E-state index in [1.54, 1.807) is 11.6 Å². The van der Waals surface area contributed by atoms with Crippen molar-refractivity contribution in [1.82, 2.24) is 29.4 Å². The summed E-state index contributed by atoms with van der Waals surface area (Å²) >= 11 is 0. The quantitative estimate of drug-likeness (QED) is 0.812. The van der Waals surface area contributed by atoms with Gasteiger partial charge in [0.25, 0.3) is 5.78 Å². The van der Waals surface area contributed by atoms with Gasteiger partial charge in [0.05, 0.1) is 12.3 Å². The molecule has 118 valence electrons. The molecule has 0 aromatic carbocycles. The number of ether oxygens (including phenoxy) is 1. The normalized spacial score (nSPS) is 27.4. The van der Waals surface area contributed by atoms with Gasteiger partial charge in [0.15, 0.2) is 0 Å². The molecule has 1 unspecified atom stereocenters. The van der Waals surface area contributed by atoms with Crippen LogP contribution in [0.15, 0.2) is 12.4 Å². The van der Waals surface area contributed by atoms with Gasteiger partial charge < -0.3 is 10.1 Å². The summed E-state index contributed by atoms with van der Waals surface area (Å²) in [4.78, 5) is 13.7. The Morgan fingerprint density at radius 2 is 2.18 bits per heavy atom. The molecule has 5 rings (SSSR count). The van der Waals surface area contributed by atoms with E-state index in [4.69, 9.17) is 4.74 Å². The van der Waals surface area contributed by atoms with E-state index >= 15 is 0 Å². The molecule has 0 aliphatic carbocycles. The number of hydrogen-bond acceptors (Lipinski definition) is 7. The number of nitrogens with zero attached hydrogens (tertiary/aromatic N) is 6. The van der Waals surface area contributed by atoms with Crippen LogP contribution in [0.2, 0.25) is 0 Å². The molecule has 1 N–H and O–H groups in total. The van der Waals surface area contributed by atoms with Crippen molar-refractivity contribution in [2.24, 2.45) is 0 Å². The van der Waals surface area contributed by atoms with E-state index in [0.717, 1.165) is 24.6 Å². The first-order valence-electron chi connectivity index (χ1n) is 7.72. The highest BCUT2D eigenvalue weighted by Crippen LogP contribution is 2.17. The Labute approximate surface area is 129 Å². The first-order chi connectivity index (χ1) is 10.8. The largest absolute Gasteiger partial charge is 0.378 e. The minimum absolute atomic E-state index is 0.474. The molecule has 3 fully saturated rings. The molecule has 0 radical (unpaired) electrons. The lowest BCUT2D eigenvalue weighted by atomic mass is 10.1. The van der Waals surface area contributed by atoms with Gasteiger partial charge in [-0.25, -0.2) is 4.98 Å². The lowest BCUT2D eigenvalue weighted by Crippen LogP contribution is -2.62. The number of fused-ring (bicyclic) bond motifs is 4. The average molecular weight is 303 g/mol. The van der Waals surface area contributed by atoms with Gasteiger partial charge in [-0.15, -0.1) is 0 Å². The van der Waals surface area contributed by atoms with Gasteiger partial charge in [-0.2, -0.15) is 14.6 Å². The molecule has 8 heteroatoms. The lowest BCUT2D eigenvalue weighted by molar-refractivity contribution is 0.0189. The summed E-state index contributed by atoms with van der Waals surface area (Å²) in [6.07, 6.45) is 1.53. The molecule has 2 aromatic heterocycles. The van der Waals surface area contributed by atoms with Crippen LogP contribution in [-0.2, 0) is 11.3 Å². The number of piperazine rings is 3. The molecule has 22 heavy (non-hydrogen) atoms. The third kappa shape index (κ3) is 2.53. The van der Waals surface area contributed by atoms with Crippen molar-refractivity contribution in [3.63, 3.8) is 0 Å². The Balaban J connectivity index is 1.52. The van der Waals surface area contributed by atoms with Crippen LogP contribution in [0.4, 0.5) is 5.82 Å². The summed E-state index contributed by atoms with van der Waals surface area (Å²) in [5.41, 5.74) is 0.861. The van der Waals surface area contributed by atoms with E-state index < -0.39 is 0 Å². The molecule has 3 aliphatic heterocycles. The summed E-state index contributed by atoms with van der Waals surface area (Å²) < 4.78 is 6.93. The molecule has 0 spiro atoms. The van der Waals surface area contributed by atoms with Gasteiger partial charge in [0, 0.05) is 58.5 Å². The van der Waals surface area contributed by atoms with Crippen molar-refractivity contribution in [2.45, 2.75) is 12.6 Å². The van der Waals surface area contributed by atoms with Gasteiger partial charge in [-0.1, -0.05) is 0 Å². The number of hydrogen-bond donors (Lipinski definition) is 1. The highest BCUT2D eigenvalue weighted by molar-refractivity contribution is 5.45. The van der Waals surface area contributed by atoms with E-state index in [1.807, 2.05) is 6.07 Å². The molecule has 1 atom stereocenters. The summed E-state index contributed by atoms with van der Waals surface area (Å²) in [5.74, 6) is 1.53. The summed E-state index contributed by atoms with van der Waals surface area (Å²) in [5, 5.41) is 7.77. The van der Waals surface area contributed by atoms with Crippen LogP contribution in [0.3, 0.4) is 0 Å². The van der Waals surface area contributed by atoms with E-state index in [9.17, 15) is 0 Å². The second kappa shape index (κ2) is 5.79. The predicted octanol–water partition coefficient (Wildman–Crippen LogP) is -0.318. The Morgan fingerprint density at radius 1 is 1.32 bits per heavy atom. The molecule has 3 aliphatic rings. The summed E-state index contributed by atoms with van der Waals surface area (Å²) in [6, 6.07) is 2.54. The third-order valence-electron chi connectivity index (χ3n) is 4.51. The van der Waals surface area contributed by atoms with E-state index in [1.165, 1.54) is 32.5 Å². The smallest absolute Gasteiger partial charge is 0.254 e. The third-order valence-corrected chi connectivity index (χ3v) is 4.51. The highest BCUT2D eigenvalue weighted by Gasteiger charge is 2.31. The van der Waals surface area contributed by atoms with Crippen LogP contribution in [0.25, 0.3) is 5.78 Å². The molecule has 5 heterocycles. The molecule has 3 saturated heterocycles. The maximum absolute atomic E-state index is 5.18. The standard InChI is InChI=1S/C14H21N7O/c1-22-9-11-6-13(21-14(18-11)16-10-17-21)15-7-12-8-19-2-4-20(12)5-3-19/h6,10,12,15H,2-5,7-9H2,1H3. The molecule has 0 amide bonds. The fraction of sp³-hybridized carbons (Fsp3) is 0.643. The molecule has 2 aromatic rings. The zero-order valence-electron chi connectivity index (χ0n) is 12.8. The SMILES string of the molecule is COCc1cc(NCC2CN3CCN2CC3)n2ncnc2n1. The van der Waals surface area contributed by atoms with Crippen molar-refractivity contribution in [3.8, 4) is 0 Å². The first kappa shape index (κ1) is 13.9. The number of methoxy groups -OCH3 is 1. The zero-order chi connectivity index (χ0) is 14.9. The van der Waals surface area contributed by atoms with Crippen LogP contribution in [0.5, 0.6) is 0 Å². The number of anilines is 1. The second-order valence-electron chi connectivity index (χ2n) is 5.91. The molecule has 0 saturated carbocycles. The molecular weight excluding hydrogens is 282 g/mol. The van der Waals surface area contributed by atoms with Gasteiger partial charge in [0.1, 0.15) is 12.1 Å². The zero-order valence-corrected chi connectivity index (χ0v) is 12.8. The van der Waals surface area contributed by atoms with Crippen molar-refractivity contribution in [1.29, 1.82) is 0 Å². The molecular formula is C14H21N7O. The fourth-order valence-electron chi connectivity index (χ4n) is 3.35. The monoisotopic (exact) mass is 303 g/mol. The summed E-state index contributed by atoms with van der Waals surface area (Å²) in [6.45, 7) is 7.29. The summed E-state index contributed by atoms with van der Waals surface area (Å²) in [7, 11) is 1.67. The lowest BCUT2D eigenvalue weighted by Gasteiger charge is -2.47. The second-order valence-corrected chi connectivity index (χ2v) is 5.91. The van der Waals surface area contributed by atoms with E-state index in [2.05, 4.69) is 30.2 Å². The number of aromatic nitrogens is 4. The predicted molar refractivity (Wildman–Crippen MR) is 81.8 cm³/mol. The minimum Gasteiger partial charge on any atom is -0.378 e. The van der Waals surface area contributed by atoms with Gasteiger partial charge in [-0.05, 0) is 0 Å². The average Bonchev–Trinajstić information content (AvgIpc) is 3.03. The molecule has 8 nitrogen and oxygen atoms in total. The number of nitrogens with one attached hydrogen (secondary N) is 1. The van der Waals surface area contributed by atoms with Gasteiger partial charge in [0.2, 0.25) is 0 Å². The van der Waals surface area contributed by atoms with Crippen LogP contribution < -0.4 is 5.32 Å². The van der Waals surface area contributed by atoms with Crippen molar-refractivity contribution >= 4 is 11.6 Å². The van der Waals surface area contributed by atoms with Crippen molar-refractivity contribution in [3.05, 3.63) is 18.1 Å². The molecule has 2 bridgehead atoms. The highest BCUT2D eigenvalue weighted by atomic mass is 16.5. The van der Waals surface area contributed by atoms with Crippen LogP contribution >= 0.6 is 0 Å². The van der Waals surface area contributed by atoms with Gasteiger partial charge in [-0.3, -0.25) is 9.80 Å². The van der Waals surface area contributed by atoms with Crippen molar-refractivity contribution < 1.29 is 4.74 Å². The van der Waals surface area contributed by atoms with Gasteiger partial charge >= 0.3 is 0 Å². The fourth-order valence-corrected chi connectivity index (χ4v) is 3.35. The first-order valence-corrected chi connectivity index (χ1v) is 7.72. The van der Waals surface area contributed by atoms with Crippen LogP contribution in [0.1, 0.15) is 5.69 Å². The topological polar surface area (TPSA) is 70.8 Å². The van der Waals surface area contributed by atoms with Crippen molar-refractivity contribution in [2.75, 3.05) is 51.7 Å². The Morgan fingerprint density at radius 3 is 2.91 bits per heavy atom. The minimum atomic E-state index is 0.474. The number of rotatable bonds is 5. The van der Waals surface area contributed by atoms with Crippen LogP contribution in [0, 0.1) is 0 Å². The maximum Gasteiger partial charge on any atom is 0.254 e. The van der Waals surface area contributed by atoms with Crippen LogP contribution in [-0.4, -0.2) is 81.8 Å².